The lowest BCUT2D eigenvalue weighted by molar-refractivity contribution is -0.322. The summed E-state index contributed by atoms with van der Waals surface area (Å²) in [4.78, 5) is 9.07. The van der Waals surface area contributed by atoms with Gasteiger partial charge in [0.1, 0.15) is 11.3 Å². The van der Waals surface area contributed by atoms with Gasteiger partial charge >= 0.3 is 5.97 Å². The normalized spacial score (nSPS) is 11.9. The molecule has 4 aromatic rings. The van der Waals surface area contributed by atoms with Crippen molar-refractivity contribution in [3.05, 3.63) is 70.9 Å². The summed E-state index contributed by atoms with van der Waals surface area (Å²) < 4.78 is 5.20. The number of pyridine rings is 2. The van der Waals surface area contributed by atoms with Crippen LogP contribution in [0.15, 0.2) is 48.7 Å². The molecular weight excluding hydrogens is 394 g/mol. The molecule has 0 aliphatic rings. The molecule has 0 amide bonds. The van der Waals surface area contributed by atoms with Gasteiger partial charge in [0.25, 0.3) is 0 Å². The van der Waals surface area contributed by atoms with Gasteiger partial charge in [0.05, 0.1) is 5.52 Å². The zero-order chi connectivity index (χ0) is 22.2. The van der Waals surface area contributed by atoms with Gasteiger partial charge in [-0.2, -0.15) is 0 Å². The first-order valence-corrected chi connectivity index (χ1v) is 10.0. The number of hydrogen-bond acceptors (Lipinski definition) is 7. The second kappa shape index (κ2) is 8.11. The first-order chi connectivity index (χ1) is 14.7. The van der Waals surface area contributed by atoms with Gasteiger partial charge in [0.2, 0.25) is 0 Å². The molecule has 0 unspecified atom stereocenters. The minimum Gasteiger partial charge on any atom is -0.485 e. The fourth-order valence-electron chi connectivity index (χ4n) is 3.70. The number of nitrogens with two attached hydrogens (primary N) is 1. The molecule has 0 bridgehead atoms. The molecular formula is C24H25N3O4. The van der Waals surface area contributed by atoms with E-state index in [-0.39, 0.29) is 0 Å². The maximum atomic E-state index is 8.95. The molecule has 0 aliphatic carbocycles. The second-order valence-corrected chi connectivity index (χ2v) is 7.91. The van der Waals surface area contributed by atoms with Gasteiger partial charge < -0.3 is 25.8 Å². The maximum absolute atomic E-state index is 8.95. The van der Waals surface area contributed by atoms with Gasteiger partial charge in [-0.25, -0.2) is 4.98 Å². The number of ether oxygens (including phenoxy) is 1. The third kappa shape index (κ3) is 4.74. The van der Waals surface area contributed by atoms with Crippen molar-refractivity contribution in [1.29, 1.82) is 0 Å². The van der Waals surface area contributed by atoms with Gasteiger partial charge in [-0.05, 0) is 73.2 Å². The Morgan fingerprint density at radius 1 is 0.968 bits per heavy atom. The van der Waals surface area contributed by atoms with Crippen molar-refractivity contribution in [3.63, 3.8) is 0 Å². The van der Waals surface area contributed by atoms with E-state index in [1.807, 2.05) is 38.2 Å². The van der Waals surface area contributed by atoms with Crippen LogP contribution in [0.4, 0.5) is 5.82 Å². The third-order valence-electron chi connectivity index (χ3n) is 5.30. The van der Waals surface area contributed by atoms with E-state index in [1.54, 1.807) is 6.07 Å². The molecule has 31 heavy (non-hydrogen) atoms. The largest absolute Gasteiger partial charge is 0.485 e. The summed E-state index contributed by atoms with van der Waals surface area (Å²) in [6, 6.07) is 13.8. The number of aliphatic hydroxyl groups is 3. The van der Waals surface area contributed by atoms with Crippen LogP contribution in [0, 0.1) is 13.8 Å². The fraction of sp³-hybridized carbons (Fsp3) is 0.250. The second-order valence-electron chi connectivity index (χ2n) is 7.91. The van der Waals surface area contributed by atoms with Gasteiger partial charge in [0, 0.05) is 17.0 Å². The minimum atomic E-state index is -2.85. The van der Waals surface area contributed by atoms with Gasteiger partial charge in [-0.1, -0.05) is 18.2 Å². The summed E-state index contributed by atoms with van der Waals surface area (Å²) in [5, 5.41) is 28.9. The van der Waals surface area contributed by atoms with E-state index in [4.69, 9.17) is 25.8 Å². The summed E-state index contributed by atoms with van der Waals surface area (Å²) in [6.45, 7) is 3.37. The Hall–Kier alpha value is -3.26. The van der Waals surface area contributed by atoms with Crippen LogP contribution >= 0.6 is 0 Å². The summed E-state index contributed by atoms with van der Waals surface area (Å²) in [5.41, 5.74) is 12.1. The number of hydrogen-bond donors (Lipinski definition) is 4. The Morgan fingerprint density at radius 2 is 1.77 bits per heavy atom. The Morgan fingerprint density at radius 3 is 2.52 bits per heavy atom. The monoisotopic (exact) mass is 419 g/mol. The van der Waals surface area contributed by atoms with Gasteiger partial charge in [-0.3, -0.25) is 4.98 Å². The molecule has 4 rings (SSSR count). The molecule has 7 nitrogen and oxygen atoms in total. The van der Waals surface area contributed by atoms with E-state index in [0.717, 1.165) is 51.4 Å². The SMILES string of the molecule is Cc1ccc2c(c1)nc(N)c1ncc(CCc3ccc(OCC(O)(O)O)cc3C)cc12. The Labute approximate surface area is 179 Å². The van der Waals surface area contributed by atoms with E-state index in [9.17, 15) is 0 Å². The van der Waals surface area contributed by atoms with Crippen LogP contribution in [0.5, 0.6) is 5.75 Å². The van der Waals surface area contributed by atoms with Crippen molar-refractivity contribution in [2.45, 2.75) is 32.7 Å². The molecule has 0 atom stereocenters. The van der Waals surface area contributed by atoms with Crippen molar-refractivity contribution in [3.8, 4) is 5.75 Å². The van der Waals surface area contributed by atoms with Crippen LogP contribution in [-0.2, 0) is 12.8 Å². The summed E-state index contributed by atoms with van der Waals surface area (Å²) in [5.74, 6) is -1.96. The zero-order valence-electron chi connectivity index (χ0n) is 17.5. The molecule has 160 valence electrons. The van der Waals surface area contributed by atoms with Crippen LogP contribution in [-0.4, -0.2) is 37.9 Å². The van der Waals surface area contributed by atoms with Crippen molar-refractivity contribution in [2.24, 2.45) is 0 Å². The number of fused-ring (bicyclic) bond motifs is 3. The fourth-order valence-corrected chi connectivity index (χ4v) is 3.70. The quantitative estimate of drug-likeness (QED) is 0.280. The van der Waals surface area contributed by atoms with Crippen LogP contribution in [0.25, 0.3) is 21.8 Å². The Balaban J connectivity index is 1.56. The molecule has 0 saturated heterocycles. The lowest BCUT2D eigenvalue weighted by Gasteiger charge is -2.16. The molecule has 2 aromatic heterocycles. The molecule has 5 N–H and O–H groups in total. The average Bonchev–Trinajstić information content (AvgIpc) is 2.71. The van der Waals surface area contributed by atoms with Crippen molar-refractivity contribution < 1.29 is 20.1 Å². The number of benzene rings is 2. The number of anilines is 1. The number of nitrogens with zero attached hydrogens (tertiary/aromatic N) is 2. The first kappa shape index (κ1) is 21.0. The lowest BCUT2D eigenvalue weighted by atomic mass is 9.99. The van der Waals surface area contributed by atoms with Crippen LogP contribution < -0.4 is 10.5 Å². The predicted molar refractivity (Wildman–Crippen MR) is 120 cm³/mol. The average molecular weight is 419 g/mol. The third-order valence-corrected chi connectivity index (χ3v) is 5.30. The van der Waals surface area contributed by atoms with E-state index in [1.165, 1.54) is 0 Å². The van der Waals surface area contributed by atoms with Crippen molar-refractivity contribution in [1.82, 2.24) is 9.97 Å². The number of aryl methyl sites for hydroxylation is 4. The topological polar surface area (TPSA) is 122 Å². The number of rotatable bonds is 6. The molecule has 0 aliphatic heterocycles. The zero-order valence-corrected chi connectivity index (χ0v) is 17.5. The molecule has 7 heteroatoms. The highest BCUT2D eigenvalue weighted by Crippen LogP contribution is 2.28. The van der Waals surface area contributed by atoms with Crippen molar-refractivity contribution >= 4 is 27.6 Å². The number of aromatic nitrogens is 2. The van der Waals surface area contributed by atoms with E-state index in [2.05, 4.69) is 28.2 Å². The number of nitrogen functional groups attached to an aromatic ring is 1. The highest BCUT2D eigenvalue weighted by atomic mass is 16.7. The Bertz CT molecular complexity index is 1270. The molecule has 0 radical (unpaired) electrons. The van der Waals surface area contributed by atoms with Crippen LogP contribution in [0.1, 0.15) is 22.3 Å². The highest BCUT2D eigenvalue weighted by Gasteiger charge is 2.19. The molecule has 0 fully saturated rings. The smallest absolute Gasteiger partial charge is 0.311 e. The van der Waals surface area contributed by atoms with Crippen molar-refractivity contribution in [2.75, 3.05) is 12.3 Å². The standard InChI is InChI=1S/C24H25N3O4/c1-14-3-8-19-20-11-16(12-26-22(20)23(25)27-21(19)9-14)4-5-17-6-7-18(10-15(17)2)31-13-24(28,29)30/h3,6-12,28-30H,4-5,13H2,1-2H3,(H2,25,27). The van der Waals surface area contributed by atoms with E-state index in [0.29, 0.717) is 17.1 Å². The molecule has 0 spiro atoms. The highest BCUT2D eigenvalue weighted by molar-refractivity contribution is 6.08. The molecule has 0 saturated carbocycles. The lowest BCUT2D eigenvalue weighted by Crippen LogP contribution is -2.34. The van der Waals surface area contributed by atoms with Gasteiger partial charge in [-0.15, -0.1) is 0 Å². The van der Waals surface area contributed by atoms with Gasteiger partial charge in [0.15, 0.2) is 12.4 Å². The van der Waals surface area contributed by atoms with E-state index >= 15 is 0 Å². The summed E-state index contributed by atoms with van der Waals surface area (Å²) >= 11 is 0. The predicted octanol–water partition coefficient (Wildman–Crippen LogP) is 2.78. The first-order valence-electron chi connectivity index (χ1n) is 10.0. The maximum Gasteiger partial charge on any atom is 0.311 e. The van der Waals surface area contributed by atoms with Crippen LogP contribution in [0.3, 0.4) is 0 Å². The molecule has 2 aromatic carbocycles. The van der Waals surface area contributed by atoms with E-state index < -0.39 is 12.6 Å². The molecule has 2 heterocycles. The van der Waals surface area contributed by atoms with Crippen LogP contribution in [0.2, 0.25) is 0 Å². The Kier molecular flexibility index (Phi) is 5.49. The minimum absolute atomic E-state index is 0.434. The summed E-state index contributed by atoms with van der Waals surface area (Å²) in [7, 11) is 0. The summed E-state index contributed by atoms with van der Waals surface area (Å²) in [6.07, 6.45) is 3.45.